The van der Waals surface area contributed by atoms with Crippen molar-refractivity contribution < 1.29 is 19.4 Å². The van der Waals surface area contributed by atoms with Gasteiger partial charge < -0.3 is 15.2 Å². The van der Waals surface area contributed by atoms with Crippen LogP contribution in [0.15, 0.2) is 0 Å². The van der Waals surface area contributed by atoms with Crippen LogP contribution in [0.1, 0.15) is 33.1 Å². The molecule has 0 bridgehead atoms. The van der Waals surface area contributed by atoms with Crippen molar-refractivity contribution in [3.63, 3.8) is 0 Å². The number of carbonyl (C=O) groups excluding carboxylic acids is 2. The number of hydrogen-bond donors (Lipinski definition) is 2. The van der Waals surface area contributed by atoms with E-state index in [9.17, 15) is 9.59 Å². The second-order valence-electron chi connectivity index (χ2n) is 3.78. The lowest BCUT2D eigenvalue weighted by atomic mass is 9.99. The Morgan fingerprint density at radius 1 is 1.44 bits per heavy atom. The van der Waals surface area contributed by atoms with E-state index in [1.807, 2.05) is 13.8 Å². The van der Waals surface area contributed by atoms with E-state index < -0.39 is 12.0 Å². The molecule has 0 aromatic rings. The molecular weight excluding hydrogens is 210 g/mol. The standard InChI is InChI=1S/C11H21NO4/c1-4-8(2)10(11(15)16-3)12-9(14)6-5-7-13/h8,10,13H,4-7H2,1-3H3,(H,12,14). The summed E-state index contributed by atoms with van der Waals surface area (Å²) in [4.78, 5) is 22.9. The highest BCUT2D eigenvalue weighted by molar-refractivity contribution is 5.84. The average Bonchev–Trinajstić information content (AvgIpc) is 2.31. The van der Waals surface area contributed by atoms with Gasteiger partial charge in [-0.05, 0) is 12.3 Å². The SMILES string of the molecule is CCC(C)C(NC(=O)CCCO)C(=O)OC. The first-order valence-corrected chi connectivity index (χ1v) is 5.54. The normalized spacial score (nSPS) is 14.0. The third-order valence-corrected chi connectivity index (χ3v) is 2.55. The molecule has 94 valence electrons. The zero-order chi connectivity index (χ0) is 12.6. The van der Waals surface area contributed by atoms with E-state index in [1.165, 1.54) is 7.11 Å². The number of amides is 1. The number of carbonyl (C=O) groups is 2. The van der Waals surface area contributed by atoms with Gasteiger partial charge in [0.25, 0.3) is 0 Å². The Balaban J connectivity index is 4.31. The Labute approximate surface area is 96.2 Å². The maximum atomic E-state index is 11.4. The lowest BCUT2D eigenvalue weighted by Gasteiger charge is -2.21. The second-order valence-corrected chi connectivity index (χ2v) is 3.78. The van der Waals surface area contributed by atoms with Gasteiger partial charge in [-0.3, -0.25) is 4.79 Å². The van der Waals surface area contributed by atoms with Gasteiger partial charge in [-0.2, -0.15) is 0 Å². The molecule has 2 N–H and O–H groups in total. The molecule has 0 aromatic heterocycles. The molecule has 0 spiro atoms. The van der Waals surface area contributed by atoms with Gasteiger partial charge in [0, 0.05) is 13.0 Å². The molecule has 1 amide bonds. The lowest BCUT2D eigenvalue weighted by Crippen LogP contribution is -2.45. The first-order valence-electron chi connectivity index (χ1n) is 5.54. The maximum absolute atomic E-state index is 11.4. The van der Waals surface area contributed by atoms with Gasteiger partial charge in [-0.1, -0.05) is 20.3 Å². The summed E-state index contributed by atoms with van der Waals surface area (Å²) in [6.07, 6.45) is 1.40. The van der Waals surface area contributed by atoms with Crippen molar-refractivity contribution in [2.45, 2.75) is 39.2 Å². The van der Waals surface area contributed by atoms with Crippen molar-refractivity contribution in [2.75, 3.05) is 13.7 Å². The topological polar surface area (TPSA) is 75.6 Å². The van der Waals surface area contributed by atoms with Gasteiger partial charge in [0.2, 0.25) is 5.91 Å². The Kier molecular flexibility index (Phi) is 7.54. The predicted octanol–water partition coefficient (Wildman–Crippen LogP) is 0.463. The number of esters is 1. The van der Waals surface area contributed by atoms with Crippen LogP contribution in [0.25, 0.3) is 0 Å². The summed E-state index contributed by atoms with van der Waals surface area (Å²) in [6, 6.07) is -0.596. The average molecular weight is 231 g/mol. The summed E-state index contributed by atoms with van der Waals surface area (Å²) in [5, 5.41) is 11.2. The zero-order valence-electron chi connectivity index (χ0n) is 10.2. The third kappa shape index (κ3) is 5.11. The number of aliphatic hydroxyl groups excluding tert-OH is 1. The predicted molar refractivity (Wildman–Crippen MR) is 59.7 cm³/mol. The molecule has 16 heavy (non-hydrogen) atoms. The van der Waals surface area contributed by atoms with E-state index in [2.05, 4.69) is 10.1 Å². The molecule has 2 atom stereocenters. The van der Waals surface area contributed by atoms with E-state index in [-0.39, 0.29) is 24.9 Å². The van der Waals surface area contributed by atoms with Crippen LogP contribution < -0.4 is 5.32 Å². The Hall–Kier alpha value is -1.10. The fourth-order valence-electron chi connectivity index (χ4n) is 1.28. The molecular formula is C11H21NO4. The fraction of sp³-hybridized carbons (Fsp3) is 0.818. The first-order chi connectivity index (χ1) is 7.56. The monoisotopic (exact) mass is 231 g/mol. The number of aliphatic hydroxyl groups is 1. The van der Waals surface area contributed by atoms with E-state index in [0.29, 0.717) is 6.42 Å². The molecule has 0 aliphatic carbocycles. The Bertz CT molecular complexity index is 230. The smallest absolute Gasteiger partial charge is 0.328 e. The number of ether oxygens (including phenoxy) is 1. The van der Waals surface area contributed by atoms with Crippen molar-refractivity contribution in [1.82, 2.24) is 5.32 Å². The summed E-state index contributed by atoms with van der Waals surface area (Å²) in [7, 11) is 1.30. The molecule has 2 unspecified atom stereocenters. The van der Waals surface area contributed by atoms with Crippen LogP contribution in [-0.2, 0) is 14.3 Å². The van der Waals surface area contributed by atoms with Gasteiger partial charge >= 0.3 is 5.97 Å². The molecule has 0 radical (unpaired) electrons. The van der Waals surface area contributed by atoms with Gasteiger partial charge in [-0.25, -0.2) is 4.79 Å². The molecule has 0 heterocycles. The van der Waals surface area contributed by atoms with Crippen molar-refractivity contribution in [1.29, 1.82) is 0 Å². The zero-order valence-corrected chi connectivity index (χ0v) is 10.2. The summed E-state index contributed by atoms with van der Waals surface area (Å²) in [5.41, 5.74) is 0. The summed E-state index contributed by atoms with van der Waals surface area (Å²) in [5.74, 6) is -0.623. The number of nitrogens with one attached hydrogen (secondary N) is 1. The van der Waals surface area contributed by atoms with Crippen LogP contribution in [-0.4, -0.2) is 36.7 Å². The molecule has 5 heteroatoms. The Morgan fingerprint density at radius 3 is 2.50 bits per heavy atom. The minimum absolute atomic E-state index is 0.0281. The summed E-state index contributed by atoms with van der Waals surface area (Å²) >= 11 is 0. The number of hydrogen-bond acceptors (Lipinski definition) is 4. The van der Waals surface area contributed by atoms with Gasteiger partial charge in [0.15, 0.2) is 0 Å². The van der Waals surface area contributed by atoms with Crippen LogP contribution in [0.4, 0.5) is 0 Å². The van der Waals surface area contributed by atoms with E-state index in [1.54, 1.807) is 0 Å². The van der Waals surface area contributed by atoms with Gasteiger partial charge in [0.05, 0.1) is 7.11 Å². The fourth-order valence-corrected chi connectivity index (χ4v) is 1.28. The highest BCUT2D eigenvalue weighted by Gasteiger charge is 2.26. The van der Waals surface area contributed by atoms with Crippen molar-refractivity contribution in [3.8, 4) is 0 Å². The quantitative estimate of drug-likeness (QED) is 0.624. The minimum Gasteiger partial charge on any atom is -0.467 e. The largest absolute Gasteiger partial charge is 0.467 e. The molecule has 0 saturated heterocycles. The summed E-state index contributed by atoms with van der Waals surface area (Å²) < 4.78 is 4.64. The van der Waals surface area contributed by atoms with E-state index in [4.69, 9.17) is 5.11 Å². The summed E-state index contributed by atoms with van der Waals surface area (Å²) in [6.45, 7) is 3.80. The number of methoxy groups -OCH3 is 1. The van der Waals surface area contributed by atoms with Crippen molar-refractivity contribution >= 4 is 11.9 Å². The minimum atomic E-state index is -0.596. The van der Waals surface area contributed by atoms with E-state index >= 15 is 0 Å². The molecule has 0 aliphatic heterocycles. The highest BCUT2D eigenvalue weighted by atomic mass is 16.5. The van der Waals surface area contributed by atoms with Crippen LogP contribution in [0.5, 0.6) is 0 Å². The molecule has 0 saturated carbocycles. The van der Waals surface area contributed by atoms with Gasteiger partial charge in [-0.15, -0.1) is 0 Å². The third-order valence-electron chi connectivity index (χ3n) is 2.55. The molecule has 0 aromatic carbocycles. The van der Waals surface area contributed by atoms with Crippen LogP contribution in [0.3, 0.4) is 0 Å². The second kappa shape index (κ2) is 8.10. The molecule has 5 nitrogen and oxygen atoms in total. The molecule has 0 aliphatic rings. The first kappa shape index (κ1) is 14.9. The van der Waals surface area contributed by atoms with Crippen LogP contribution >= 0.6 is 0 Å². The highest BCUT2D eigenvalue weighted by Crippen LogP contribution is 2.09. The van der Waals surface area contributed by atoms with Crippen molar-refractivity contribution in [2.24, 2.45) is 5.92 Å². The van der Waals surface area contributed by atoms with E-state index in [0.717, 1.165) is 6.42 Å². The van der Waals surface area contributed by atoms with Crippen molar-refractivity contribution in [3.05, 3.63) is 0 Å². The molecule has 0 rings (SSSR count). The van der Waals surface area contributed by atoms with Crippen LogP contribution in [0, 0.1) is 5.92 Å². The molecule has 0 fully saturated rings. The maximum Gasteiger partial charge on any atom is 0.328 e. The Morgan fingerprint density at radius 2 is 2.06 bits per heavy atom. The van der Waals surface area contributed by atoms with Crippen LogP contribution in [0.2, 0.25) is 0 Å². The van der Waals surface area contributed by atoms with Gasteiger partial charge in [0.1, 0.15) is 6.04 Å². The lowest BCUT2D eigenvalue weighted by molar-refractivity contribution is -0.146. The number of rotatable bonds is 7.